The van der Waals surface area contributed by atoms with E-state index in [2.05, 4.69) is 22.4 Å². The van der Waals surface area contributed by atoms with Gasteiger partial charge in [0.05, 0.1) is 6.42 Å². The van der Waals surface area contributed by atoms with Crippen LogP contribution in [0.2, 0.25) is 0 Å². The lowest BCUT2D eigenvalue weighted by atomic mass is 9.75. The number of carboxylic acids is 1. The largest absolute Gasteiger partial charge is 0.481 e. The zero-order valence-electron chi connectivity index (χ0n) is 16.0. The van der Waals surface area contributed by atoms with Crippen LogP contribution < -0.4 is 5.32 Å². The summed E-state index contributed by atoms with van der Waals surface area (Å²) in [4.78, 5) is 27.5. The van der Waals surface area contributed by atoms with E-state index in [-0.39, 0.29) is 18.7 Å². The first-order chi connectivity index (χ1) is 12.1. The molecule has 1 aliphatic rings. The third-order valence-electron chi connectivity index (χ3n) is 4.73. The summed E-state index contributed by atoms with van der Waals surface area (Å²) < 4.78 is 10.6. The van der Waals surface area contributed by atoms with Crippen molar-refractivity contribution in [2.75, 3.05) is 0 Å². The number of carbonyl (C=O) groups is 2. The van der Waals surface area contributed by atoms with Gasteiger partial charge in [-0.15, -0.1) is 0 Å². The van der Waals surface area contributed by atoms with Gasteiger partial charge in [0, 0.05) is 6.42 Å². The Hall–Kier alpha value is -2.12. The number of nitrogens with one attached hydrogen (secondary N) is 1. The van der Waals surface area contributed by atoms with Crippen molar-refractivity contribution in [3.05, 3.63) is 11.7 Å². The Bertz CT molecular complexity index is 627. The molecule has 0 spiro atoms. The van der Waals surface area contributed by atoms with Crippen molar-refractivity contribution in [3.63, 3.8) is 0 Å². The maximum atomic E-state index is 12.4. The van der Waals surface area contributed by atoms with Crippen LogP contribution in [-0.2, 0) is 21.5 Å². The fourth-order valence-corrected chi connectivity index (χ4v) is 3.25. The van der Waals surface area contributed by atoms with Crippen LogP contribution in [0.3, 0.4) is 0 Å². The van der Waals surface area contributed by atoms with Crippen molar-refractivity contribution < 1.29 is 24.0 Å². The molecule has 1 amide bonds. The lowest BCUT2D eigenvalue weighted by Gasteiger charge is -2.38. The Morgan fingerprint density at radius 1 is 1.35 bits per heavy atom. The van der Waals surface area contributed by atoms with Crippen molar-refractivity contribution in [2.45, 2.75) is 83.8 Å². The molecule has 2 N–H and O–H groups in total. The summed E-state index contributed by atoms with van der Waals surface area (Å²) in [7, 11) is 0. The molecule has 0 radical (unpaired) electrons. The third kappa shape index (κ3) is 5.44. The number of nitrogens with zero attached hydrogens (tertiary/aromatic N) is 2. The van der Waals surface area contributed by atoms with Crippen LogP contribution >= 0.6 is 0 Å². The number of alkyl carbamates (subject to hydrolysis) is 1. The van der Waals surface area contributed by atoms with Crippen molar-refractivity contribution in [3.8, 4) is 0 Å². The summed E-state index contributed by atoms with van der Waals surface area (Å²) in [5.41, 5.74) is -1.34. The minimum atomic E-state index is -0.921. The van der Waals surface area contributed by atoms with Gasteiger partial charge in [0.15, 0.2) is 5.82 Å². The van der Waals surface area contributed by atoms with Gasteiger partial charge >= 0.3 is 12.1 Å². The average molecular weight is 367 g/mol. The van der Waals surface area contributed by atoms with E-state index in [1.807, 2.05) is 20.8 Å². The van der Waals surface area contributed by atoms with E-state index in [4.69, 9.17) is 14.4 Å². The maximum Gasteiger partial charge on any atom is 0.408 e. The van der Waals surface area contributed by atoms with Gasteiger partial charge in [-0.3, -0.25) is 4.79 Å². The van der Waals surface area contributed by atoms with Crippen LogP contribution in [0.1, 0.15) is 77.9 Å². The molecule has 26 heavy (non-hydrogen) atoms. The van der Waals surface area contributed by atoms with Crippen LogP contribution in [0.5, 0.6) is 0 Å². The van der Waals surface area contributed by atoms with Gasteiger partial charge in [-0.05, 0) is 52.4 Å². The molecule has 8 nitrogen and oxygen atoms in total. The Kier molecular flexibility index (Phi) is 6.26. The maximum absolute atomic E-state index is 12.4. The Balaban J connectivity index is 2.18. The monoisotopic (exact) mass is 367 g/mol. The highest BCUT2D eigenvalue weighted by molar-refractivity contribution is 5.69. The predicted octanol–water partition coefficient (Wildman–Crippen LogP) is 3.41. The van der Waals surface area contributed by atoms with Crippen molar-refractivity contribution in [2.24, 2.45) is 5.92 Å². The second kappa shape index (κ2) is 8.05. The number of carbonyl (C=O) groups excluding carboxylic acids is 1. The van der Waals surface area contributed by atoms with E-state index >= 15 is 0 Å². The van der Waals surface area contributed by atoms with E-state index in [9.17, 15) is 9.59 Å². The van der Waals surface area contributed by atoms with Gasteiger partial charge in [0.1, 0.15) is 11.1 Å². The van der Waals surface area contributed by atoms with Crippen LogP contribution in [0.15, 0.2) is 4.52 Å². The van der Waals surface area contributed by atoms with Crippen molar-refractivity contribution in [1.82, 2.24) is 15.5 Å². The topological polar surface area (TPSA) is 115 Å². The molecule has 1 aromatic rings. The first kappa shape index (κ1) is 20.2. The first-order valence-electron chi connectivity index (χ1n) is 9.19. The average Bonchev–Trinajstić information content (AvgIpc) is 3.01. The normalized spacial score (nSPS) is 23.5. The van der Waals surface area contributed by atoms with E-state index in [1.165, 1.54) is 0 Å². The van der Waals surface area contributed by atoms with E-state index in [0.717, 1.165) is 19.3 Å². The standard InChI is InChI=1S/C18H29N3O5/c1-5-12-8-10-18(11-9-12,20-16(24)25-17(2,3)4)15-19-13(26-21-15)6-7-14(22)23/h12H,5-11H2,1-4H3,(H,20,24)(H,22,23). The SMILES string of the molecule is CCC1CCC(NC(=O)OC(C)(C)C)(c2noc(CCC(=O)O)n2)CC1. The summed E-state index contributed by atoms with van der Waals surface area (Å²) in [5.74, 6) is 0.362. The number of hydrogen-bond donors (Lipinski definition) is 2. The Morgan fingerprint density at radius 2 is 2.00 bits per heavy atom. The van der Waals surface area contributed by atoms with Gasteiger partial charge in [-0.2, -0.15) is 4.98 Å². The molecule has 146 valence electrons. The second-order valence-corrected chi connectivity index (χ2v) is 7.97. The highest BCUT2D eigenvalue weighted by atomic mass is 16.6. The number of carboxylic acid groups (broad SMARTS) is 1. The molecule has 1 saturated carbocycles. The van der Waals surface area contributed by atoms with Crippen LogP contribution in [0.4, 0.5) is 4.79 Å². The number of rotatable bonds is 6. The number of aromatic nitrogens is 2. The molecule has 0 aromatic carbocycles. The molecule has 1 aromatic heterocycles. The summed E-state index contributed by atoms with van der Waals surface area (Å²) in [6.45, 7) is 7.60. The van der Waals surface area contributed by atoms with Gasteiger partial charge < -0.3 is 19.7 Å². The molecule has 1 heterocycles. The van der Waals surface area contributed by atoms with Gasteiger partial charge in [0.2, 0.25) is 5.89 Å². The number of hydrogen-bond acceptors (Lipinski definition) is 6. The minimum absolute atomic E-state index is 0.0773. The molecular formula is C18H29N3O5. The molecule has 0 saturated heterocycles. The second-order valence-electron chi connectivity index (χ2n) is 7.97. The molecule has 2 rings (SSSR count). The number of ether oxygens (including phenoxy) is 1. The number of aliphatic carboxylic acids is 1. The predicted molar refractivity (Wildman–Crippen MR) is 93.6 cm³/mol. The molecule has 0 atom stereocenters. The van der Waals surface area contributed by atoms with E-state index in [0.29, 0.717) is 24.6 Å². The fraction of sp³-hybridized carbons (Fsp3) is 0.778. The summed E-state index contributed by atoms with van der Waals surface area (Å²) >= 11 is 0. The summed E-state index contributed by atoms with van der Waals surface area (Å²) in [6, 6.07) is 0. The fourth-order valence-electron chi connectivity index (χ4n) is 3.25. The molecule has 8 heteroatoms. The Morgan fingerprint density at radius 3 is 2.54 bits per heavy atom. The van der Waals surface area contributed by atoms with Gasteiger partial charge in [-0.25, -0.2) is 4.79 Å². The highest BCUT2D eigenvalue weighted by Gasteiger charge is 2.42. The molecule has 0 bridgehead atoms. The van der Waals surface area contributed by atoms with Crippen molar-refractivity contribution >= 4 is 12.1 Å². The molecule has 0 unspecified atom stereocenters. The first-order valence-corrected chi connectivity index (χ1v) is 9.19. The van der Waals surface area contributed by atoms with Gasteiger partial charge in [0.25, 0.3) is 0 Å². The zero-order valence-corrected chi connectivity index (χ0v) is 16.0. The zero-order chi connectivity index (χ0) is 19.4. The van der Waals surface area contributed by atoms with Crippen LogP contribution in [0.25, 0.3) is 0 Å². The molecule has 1 aliphatic carbocycles. The lowest BCUT2D eigenvalue weighted by molar-refractivity contribution is -0.137. The molecular weight excluding hydrogens is 338 g/mol. The number of amides is 1. The van der Waals surface area contributed by atoms with Crippen LogP contribution in [0, 0.1) is 5.92 Å². The molecule has 1 fully saturated rings. The van der Waals surface area contributed by atoms with Gasteiger partial charge in [-0.1, -0.05) is 18.5 Å². The number of aryl methyl sites for hydroxylation is 1. The van der Waals surface area contributed by atoms with Crippen molar-refractivity contribution in [1.29, 1.82) is 0 Å². The van der Waals surface area contributed by atoms with E-state index < -0.39 is 23.2 Å². The van der Waals surface area contributed by atoms with E-state index in [1.54, 1.807) is 0 Å². The lowest BCUT2D eigenvalue weighted by Crippen LogP contribution is -2.50. The summed E-state index contributed by atoms with van der Waals surface area (Å²) in [6.07, 6.45) is 3.97. The smallest absolute Gasteiger partial charge is 0.408 e. The quantitative estimate of drug-likeness (QED) is 0.791. The third-order valence-corrected chi connectivity index (χ3v) is 4.73. The minimum Gasteiger partial charge on any atom is -0.481 e. The Labute approximate surface area is 153 Å². The highest BCUT2D eigenvalue weighted by Crippen LogP contribution is 2.39. The molecule has 0 aliphatic heterocycles. The van der Waals surface area contributed by atoms with Crippen LogP contribution in [-0.4, -0.2) is 32.9 Å². The summed E-state index contributed by atoms with van der Waals surface area (Å²) in [5, 5.41) is 15.8.